The van der Waals surface area contributed by atoms with Gasteiger partial charge in [0, 0.05) is 5.02 Å². The van der Waals surface area contributed by atoms with E-state index in [0.29, 0.717) is 5.02 Å². The van der Waals surface area contributed by atoms with Gasteiger partial charge in [0.25, 0.3) is 0 Å². The predicted molar refractivity (Wildman–Crippen MR) is 72.2 cm³/mol. The molecule has 0 spiro atoms. The number of carboxylic acid groups (broad SMARTS) is 1. The highest BCUT2D eigenvalue weighted by Crippen LogP contribution is 2.33. The first-order chi connectivity index (χ1) is 8.99. The molecule has 0 aliphatic heterocycles. The number of carboxylic acids is 1. The van der Waals surface area contributed by atoms with Crippen LogP contribution in [-0.2, 0) is 9.59 Å². The van der Waals surface area contributed by atoms with Crippen LogP contribution in [0.25, 0.3) is 0 Å². The average molecular weight is 282 g/mol. The summed E-state index contributed by atoms with van der Waals surface area (Å²) in [4.78, 5) is 23.2. The minimum absolute atomic E-state index is 0.0769. The molecule has 1 aromatic rings. The fourth-order valence-corrected chi connectivity index (χ4v) is 2.22. The van der Waals surface area contributed by atoms with Crippen molar-refractivity contribution in [3.05, 3.63) is 34.9 Å². The van der Waals surface area contributed by atoms with Gasteiger partial charge in [0.05, 0.1) is 5.92 Å². The normalized spacial score (nSPS) is 17.6. The fraction of sp³-hybridized carbons (Fsp3) is 0.429. The molecule has 2 unspecified atom stereocenters. The summed E-state index contributed by atoms with van der Waals surface area (Å²) in [5.74, 6) is -1.58. The lowest BCUT2D eigenvalue weighted by Crippen LogP contribution is -2.44. The van der Waals surface area contributed by atoms with Crippen LogP contribution in [0.4, 0.5) is 0 Å². The molecule has 5 heteroatoms. The van der Waals surface area contributed by atoms with Crippen LogP contribution in [0.3, 0.4) is 0 Å². The average Bonchev–Trinajstić information content (AvgIpc) is 3.18. The van der Waals surface area contributed by atoms with E-state index in [1.807, 2.05) is 6.07 Å². The van der Waals surface area contributed by atoms with Crippen LogP contribution in [0.2, 0.25) is 5.02 Å². The highest BCUT2D eigenvalue weighted by atomic mass is 35.5. The summed E-state index contributed by atoms with van der Waals surface area (Å²) in [5, 5.41) is 12.3. The lowest BCUT2D eigenvalue weighted by atomic mass is 9.99. The van der Waals surface area contributed by atoms with Crippen molar-refractivity contribution in [1.82, 2.24) is 5.32 Å². The van der Waals surface area contributed by atoms with E-state index in [0.717, 1.165) is 18.4 Å². The summed E-state index contributed by atoms with van der Waals surface area (Å²) < 4.78 is 0. The van der Waals surface area contributed by atoms with E-state index in [2.05, 4.69) is 5.32 Å². The van der Waals surface area contributed by atoms with Crippen LogP contribution in [-0.4, -0.2) is 23.0 Å². The molecule has 1 saturated carbocycles. The first-order valence-corrected chi connectivity index (χ1v) is 6.65. The molecule has 0 radical (unpaired) electrons. The molecule has 0 aromatic heterocycles. The number of carbonyl (C=O) groups excluding carboxylic acids is 1. The maximum absolute atomic E-state index is 12.1. The van der Waals surface area contributed by atoms with Gasteiger partial charge in [-0.25, -0.2) is 4.79 Å². The highest BCUT2D eigenvalue weighted by Gasteiger charge is 2.37. The lowest BCUT2D eigenvalue weighted by Gasteiger charge is -2.17. The van der Waals surface area contributed by atoms with Gasteiger partial charge in [0.15, 0.2) is 0 Å². The van der Waals surface area contributed by atoms with Gasteiger partial charge < -0.3 is 10.4 Å². The van der Waals surface area contributed by atoms with Crippen molar-refractivity contribution in [2.45, 2.75) is 31.7 Å². The Hall–Kier alpha value is -1.55. The minimum Gasteiger partial charge on any atom is -0.480 e. The summed E-state index contributed by atoms with van der Waals surface area (Å²) >= 11 is 5.88. The summed E-state index contributed by atoms with van der Waals surface area (Å²) in [6.07, 6.45) is 1.73. The third-order valence-corrected chi connectivity index (χ3v) is 3.63. The Labute approximate surface area is 116 Å². The van der Waals surface area contributed by atoms with Gasteiger partial charge in [0.2, 0.25) is 5.91 Å². The Morgan fingerprint density at radius 2 is 2.11 bits per heavy atom. The van der Waals surface area contributed by atoms with Gasteiger partial charge in [-0.1, -0.05) is 23.7 Å². The first-order valence-electron chi connectivity index (χ1n) is 6.27. The van der Waals surface area contributed by atoms with Crippen LogP contribution in [0.5, 0.6) is 0 Å². The summed E-state index contributed by atoms with van der Waals surface area (Å²) in [6, 6.07) is 6.27. The van der Waals surface area contributed by atoms with E-state index in [1.54, 1.807) is 25.1 Å². The van der Waals surface area contributed by atoms with Crippen LogP contribution in [0.1, 0.15) is 31.2 Å². The largest absolute Gasteiger partial charge is 0.480 e. The van der Waals surface area contributed by atoms with E-state index in [-0.39, 0.29) is 11.8 Å². The maximum Gasteiger partial charge on any atom is 0.326 e. The standard InChI is InChI=1S/C14H16ClNO3/c1-8(10-3-2-4-11(15)7-10)13(17)16-12(14(18)19)9-5-6-9/h2-4,7-9,12H,5-6H2,1H3,(H,16,17)(H,18,19). The summed E-state index contributed by atoms with van der Waals surface area (Å²) in [6.45, 7) is 1.74. The monoisotopic (exact) mass is 281 g/mol. The number of benzene rings is 1. The second kappa shape index (κ2) is 5.61. The van der Waals surface area contributed by atoms with Gasteiger partial charge in [-0.05, 0) is 43.4 Å². The molecule has 0 heterocycles. The number of hydrogen-bond donors (Lipinski definition) is 2. The molecule has 102 valence electrons. The molecular formula is C14H16ClNO3. The molecule has 19 heavy (non-hydrogen) atoms. The van der Waals surface area contributed by atoms with E-state index >= 15 is 0 Å². The van der Waals surface area contributed by atoms with Crippen molar-refractivity contribution in [1.29, 1.82) is 0 Å². The second-order valence-corrected chi connectivity index (χ2v) is 5.38. The van der Waals surface area contributed by atoms with Crippen molar-refractivity contribution in [2.75, 3.05) is 0 Å². The zero-order valence-corrected chi connectivity index (χ0v) is 11.4. The first kappa shape index (κ1) is 13.9. The summed E-state index contributed by atoms with van der Waals surface area (Å²) in [5.41, 5.74) is 0.782. The topological polar surface area (TPSA) is 66.4 Å². The SMILES string of the molecule is CC(C(=O)NC(C(=O)O)C1CC1)c1cccc(Cl)c1. The van der Waals surface area contributed by atoms with Gasteiger partial charge in [-0.2, -0.15) is 0 Å². The maximum atomic E-state index is 12.1. The molecule has 2 rings (SSSR count). The van der Waals surface area contributed by atoms with Crippen molar-refractivity contribution < 1.29 is 14.7 Å². The summed E-state index contributed by atoms with van der Waals surface area (Å²) in [7, 11) is 0. The van der Waals surface area contributed by atoms with Gasteiger partial charge in [-0.15, -0.1) is 0 Å². The quantitative estimate of drug-likeness (QED) is 0.871. The highest BCUT2D eigenvalue weighted by molar-refractivity contribution is 6.30. The molecular weight excluding hydrogens is 266 g/mol. The van der Waals surface area contributed by atoms with Crippen LogP contribution < -0.4 is 5.32 Å². The van der Waals surface area contributed by atoms with E-state index in [9.17, 15) is 9.59 Å². The molecule has 1 amide bonds. The van der Waals surface area contributed by atoms with E-state index < -0.39 is 17.9 Å². The molecule has 1 aromatic carbocycles. The molecule has 1 aliphatic rings. The van der Waals surface area contributed by atoms with Gasteiger partial charge in [0.1, 0.15) is 6.04 Å². The smallest absolute Gasteiger partial charge is 0.326 e. The lowest BCUT2D eigenvalue weighted by molar-refractivity contribution is -0.142. The Kier molecular flexibility index (Phi) is 4.10. The number of hydrogen-bond acceptors (Lipinski definition) is 2. The fourth-order valence-electron chi connectivity index (χ4n) is 2.02. The minimum atomic E-state index is -0.964. The number of amides is 1. The van der Waals surface area contributed by atoms with Crippen molar-refractivity contribution in [3.63, 3.8) is 0 Å². The number of carbonyl (C=O) groups is 2. The van der Waals surface area contributed by atoms with Crippen LogP contribution in [0, 0.1) is 5.92 Å². The van der Waals surface area contributed by atoms with Crippen molar-refractivity contribution in [2.24, 2.45) is 5.92 Å². The zero-order chi connectivity index (χ0) is 14.0. The van der Waals surface area contributed by atoms with Crippen molar-refractivity contribution in [3.8, 4) is 0 Å². The molecule has 1 fully saturated rings. The molecule has 1 aliphatic carbocycles. The third kappa shape index (κ3) is 3.47. The predicted octanol–water partition coefficient (Wildman–Crippen LogP) is 2.42. The number of halogens is 1. The Morgan fingerprint density at radius 1 is 1.42 bits per heavy atom. The Morgan fingerprint density at radius 3 is 2.63 bits per heavy atom. The van der Waals surface area contributed by atoms with Gasteiger partial charge >= 0.3 is 5.97 Å². The Bertz CT molecular complexity index is 499. The van der Waals surface area contributed by atoms with E-state index in [4.69, 9.17) is 16.7 Å². The molecule has 0 bridgehead atoms. The van der Waals surface area contributed by atoms with Crippen molar-refractivity contribution >= 4 is 23.5 Å². The number of nitrogens with one attached hydrogen (secondary N) is 1. The molecule has 0 saturated heterocycles. The molecule has 2 atom stereocenters. The molecule has 4 nitrogen and oxygen atoms in total. The third-order valence-electron chi connectivity index (χ3n) is 3.40. The van der Waals surface area contributed by atoms with E-state index in [1.165, 1.54) is 0 Å². The van der Waals surface area contributed by atoms with Crippen LogP contribution in [0.15, 0.2) is 24.3 Å². The van der Waals surface area contributed by atoms with Crippen LogP contribution >= 0.6 is 11.6 Å². The number of aliphatic carboxylic acids is 1. The Balaban J connectivity index is 2.04. The zero-order valence-electron chi connectivity index (χ0n) is 10.6. The van der Waals surface area contributed by atoms with Gasteiger partial charge in [-0.3, -0.25) is 4.79 Å². The number of rotatable bonds is 5. The molecule has 2 N–H and O–H groups in total. The second-order valence-electron chi connectivity index (χ2n) is 4.94.